The highest BCUT2D eigenvalue weighted by Crippen LogP contribution is 2.39. The monoisotopic (exact) mass is 401 g/mol. The van der Waals surface area contributed by atoms with Crippen LogP contribution in [-0.2, 0) is 19.8 Å². The van der Waals surface area contributed by atoms with E-state index in [1.54, 1.807) is 10.4 Å². The lowest BCUT2D eigenvalue weighted by Gasteiger charge is -2.38. The first-order valence-corrected chi connectivity index (χ1v) is 10.4. The lowest BCUT2D eigenvalue weighted by atomic mass is 9.80. The molecule has 3 atom stereocenters. The molecule has 2 saturated heterocycles. The van der Waals surface area contributed by atoms with Crippen molar-refractivity contribution in [1.82, 2.24) is 15.3 Å². The van der Waals surface area contributed by atoms with Crippen LogP contribution in [-0.4, -0.2) is 58.4 Å². The molecule has 2 heterocycles. The van der Waals surface area contributed by atoms with Crippen molar-refractivity contribution in [2.24, 2.45) is 5.92 Å². The Hall–Kier alpha value is -2.41. The molecule has 3 unspecified atom stereocenters. The number of nitrogens with one attached hydrogen (secondary N) is 1. The van der Waals surface area contributed by atoms with Crippen molar-refractivity contribution in [2.75, 3.05) is 19.6 Å². The summed E-state index contributed by atoms with van der Waals surface area (Å²) in [6.07, 6.45) is 2.45. The number of likely N-dealkylation sites (tertiary alicyclic amines) is 2. The molecule has 0 aliphatic carbocycles. The molecule has 2 fully saturated rings. The van der Waals surface area contributed by atoms with E-state index in [9.17, 15) is 19.6 Å². The topological polar surface area (TPSA) is 90.0 Å². The minimum Gasteiger partial charge on any atom is -0.343 e. The first-order chi connectivity index (χ1) is 13.8. The third-order valence-corrected chi connectivity index (χ3v) is 6.67. The molecule has 0 spiro atoms. The van der Waals surface area contributed by atoms with Crippen molar-refractivity contribution in [3.8, 4) is 0 Å². The van der Waals surface area contributed by atoms with Gasteiger partial charge in [0.25, 0.3) is 0 Å². The van der Waals surface area contributed by atoms with Gasteiger partial charge in [-0.1, -0.05) is 29.8 Å². The normalized spacial score (nSPS) is 28.1. The Labute approximate surface area is 172 Å². The van der Waals surface area contributed by atoms with Gasteiger partial charge in [0.05, 0.1) is 11.3 Å². The second-order valence-corrected chi connectivity index (χ2v) is 8.53. The van der Waals surface area contributed by atoms with Crippen molar-refractivity contribution in [1.29, 1.82) is 0 Å². The fourth-order valence-corrected chi connectivity index (χ4v) is 4.74. The summed E-state index contributed by atoms with van der Waals surface area (Å²) in [5.41, 5.74) is 3.30. The molecule has 3 amide bonds. The molecule has 0 radical (unpaired) electrons. The molecule has 29 heavy (non-hydrogen) atoms. The Morgan fingerprint density at radius 3 is 2.45 bits per heavy atom. The lowest BCUT2D eigenvalue weighted by Crippen LogP contribution is -2.51. The van der Waals surface area contributed by atoms with Crippen LogP contribution in [0.25, 0.3) is 0 Å². The maximum atomic E-state index is 13.5. The highest BCUT2D eigenvalue weighted by Gasteiger charge is 2.48. The zero-order valence-electron chi connectivity index (χ0n) is 17.5. The molecule has 7 nitrogen and oxygen atoms in total. The second kappa shape index (κ2) is 8.53. The minimum atomic E-state index is -0.609. The fraction of sp³-hybridized carbons (Fsp3) is 0.591. The van der Waals surface area contributed by atoms with Gasteiger partial charge in [-0.15, -0.1) is 0 Å². The molecule has 2 aliphatic rings. The van der Waals surface area contributed by atoms with E-state index in [1.807, 2.05) is 43.0 Å². The molecular formula is C22H31N3O4. The highest BCUT2D eigenvalue weighted by atomic mass is 16.5. The number of nitrogens with zero attached hydrogens (tertiary/aromatic N) is 2. The van der Waals surface area contributed by atoms with Gasteiger partial charge in [0, 0.05) is 32.6 Å². The van der Waals surface area contributed by atoms with Crippen LogP contribution in [0.1, 0.15) is 50.7 Å². The number of benzene rings is 1. The number of carbonyl (C=O) groups is 3. The molecule has 7 heteroatoms. The van der Waals surface area contributed by atoms with E-state index in [4.69, 9.17) is 0 Å². The minimum absolute atomic E-state index is 0.0178. The van der Waals surface area contributed by atoms with Gasteiger partial charge in [-0.05, 0) is 45.1 Å². The summed E-state index contributed by atoms with van der Waals surface area (Å²) >= 11 is 0. The van der Waals surface area contributed by atoms with Crippen LogP contribution >= 0.6 is 0 Å². The van der Waals surface area contributed by atoms with Gasteiger partial charge in [0.15, 0.2) is 0 Å². The molecule has 0 bridgehead atoms. The molecule has 158 valence electrons. The predicted molar refractivity (Wildman–Crippen MR) is 108 cm³/mol. The van der Waals surface area contributed by atoms with Crippen molar-refractivity contribution < 1.29 is 19.6 Å². The van der Waals surface area contributed by atoms with E-state index in [2.05, 4.69) is 0 Å². The molecule has 1 aromatic rings. The van der Waals surface area contributed by atoms with Gasteiger partial charge in [0.1, 0.15) is 0 Å². The largest absolute Gasteiger partial charge is 0.343 e. The number of amides is 3. The van der Waals surface area contributed by atoms with E-state index in [0.29, 0.717) is 45.3 Å². The van der Waals surface area contributed by atoms with Gasteiger partial charge in [-0.3, -0.25) is 19.6 Å². The lowest BCUT2D eigenvalue weighted by molar-refractivity contribution is -0.143. The summed E-state index contributed by atoms with van der Waals surface area (Å²) in [5, 5.41) is 9.27. The van der Waals surface area contributed by atoms with Gasteiger partial charge < -0.3 is 9.80 Å². The summed E-state index contributed by atoms with van der Waals surface area (Å²) < 4.78 is 0. The third kappa shape index (κ3) is 4.15. The van der Waals surface area contributed by atoms with Crippen molar-refractivity contribution in [2.45, 2.75) is 57.9 Å². The van der Waals surface area contributed by atoms with E-state index < -0.39 is 17.2 Å². The molecule has 0 saturated carbocycles. The van der Waals surface area contributed by atoms with Crippen LogP contribution in [0.2, 0.25) is 0 Å². The Kier molecular flexibility index (Phi) is 6.27. The van der Waals surface area contributed by atoms with Crippen molar-refractivity contribution in [3.05, 3.63) is 35.4 Å². The maximum absolute atomic E-state index is 13.5. The molecule has 3 rings (SSSR count). The average Bonchev–Trinajstić information content (AvgIpc) is 2.97. The Bertz CT molecular complexity index is 779. The summed E-state index contributed by atoms with van der Waals surface area (Å²) in [7, 11) is 0. The van der Waals surface area contributed by atoms with Crippen LogP contribution in [0.5, 0.6) is 0 Å². The van der Waals surface area contributed by atoms with E-state index in [0.717, 1.165) is 11.1 Å². The van der Waals surface area contributed by atoms with Crippen molar-refractivity contribution in [3.63, 3.8) is 0 Å². The standard InChI is InChI=1S/C22H31N3O4/c1-15-6-8-17(9-7-15)22(3)11-14-25(21(22)28)19-5-4-12-24(16(2)26)13-10-18(19)20(27)23-29/h6-9,18-19,29H,4-5,10-14H2,1-3H3,(H,23,27). The first-order valence-electron chi connectivity index (χ1n) is 10.4. The number of hydrogen-bond donors (Lipinski definition) is 2. The SMILES string of the molecule is CC(=O)N1CCCC(N2CCC(C)(c3ccc(C)cc3)C2=O)C(C(=O)NO)CC1. The molecule has 0 aromatic heterocycles. The molecule has 1 aromatic carbocycles. The predicted octanol–water partition coefficient (Wildman–Crippen LogP) is 2.01. The summed E-state index contributed by atoms with van der Waals surface area (Å²) in [6, 6.07) is 7.78. The number of aryl methyl sites for hydroxylation is 1. The van der Waals surface area contributed by atoms with E-state index >= 15 is 0 Å². The summed E-state index contributed by atoms with van der Waals surface area (Å²) in [4.78, 5) is 41.3. The first kappa shape index (κ1) is 21.3. The molecule has 2 N–H and O–H groups in total. The van der Waals surface area contributed by atoms with Crippen LogP contribution in [0.3, 0.4) is 0 Å². The van der Waals surface area contributed by atoms with Crippen LogP contribution in [0.15, 0.2) is 24.3 Å². The molecule has 2 aliphatic heterocycles. The van der Waals surface area contributed by atoms with Gasteiger partial charge in [-0.2, -0.15) is 0 Å². The van der Waals surface area contributed by atoms with E-state index in [1.165, 1.54) is 6.92 Å². The quantitative estimate of drug-likeness (QED) is 0.599. The zero-order valence-corrected chi connectivity index (χ0v) is 17.5. The Balaban J connectivity index is 1.85. The summed E-state index contributed by atoms with van der Waals surface area (Å²) in [5.74, 6) is -1.02. The van der Waals surface area contributed by atoms with Gasteiger partial charge in [0.2, 0.25) is 17.7 Å². The summed E-state index contributed by atoms with van der Waals surface area (Å²) in [6.45, 7) is 7.17. The van der Waals surface area contributed by atoms with Crippen LogP contribution in [0.4, 0.5) is 0 Å². The van der Waals surface area contributed by atoms with Gasteiger partial charge >= 0.3 is 0 Å². The smallest absolute Gasteiger partial charge is 0.248 e. The Morgan fingerprint density at radius 1 is 1.14 bits per heavy atom. The van der Waals surface area contributed by atoms with Gasteiger partial charge in [-0.25, -0.2) is 5.48 Å². The maximum Gasteiger partial charge on any atom is 0.248 e. The number of rotatable bonds is 3. The van der Waals surface area contributed by atoms with Crippen molar-refractivity contribution >= 4 is 17.7 Å². The van der Waals surface area contributed by atoms with E-state index in [-0.39, 0.29) is 17.9 Å². The third-order valence-electron chi connectivity index (χ3n) is 6.67. The number of hydroxylamine groups is 1. The number of carbonyl (C=O) groups excluding carboxylic acids is 3. The fourth-order valence-electron chi connectivity index (χ4n) is 4.74. The molecular weight excluding hydrogens is 370 g/mol. The second-order valence-electron chi connectivity index (χ2n) is 8.53. The zero-order chi connectivity index (χ0) is 21.2. The van der Waals surface area contributed by atoms with Crippen LogP contribution < -0.4 is 5.48 Å². The number of hydrogen-bond acceptors (Lipinski definition) is 4. The van der Waals surface area contributed by atoms with Crippen LogP contribution in [0, 0.1) is 12.8 Å². The average molecular weight is 402 g/mol. The highest BCUT2D eigenvalue weighted by molar-refractivity contribution is 5.91. The Morgan fingerprint density at radius 2 is 1.83 bits per heavy atom.